The second kappa shape index (κ2) is 5.46. The number of carbonyl (C=O) groups excluding carboxylic acids is 1. The van der Waals surface area contributed by atoms with Crippen LogP contribution in [0, 0.1) is 0 Å². The summed E-state index contributed by atoms with van der Waals surface area (Å²) in [5, 5.41) is 2.50. The summed E-state index contributed by atoms with van der Waals surface area (Å²) in [6.45, 7) is 2.84. The SMILES string of the molecule is CC(=O)NCCS(=O)(=O)N1CCCCC1. The summed E-state index contributed by atoms with van der Waals surface area (Å²) in [5.41, 5.74) is 0. The molecule has 1 aliphatic rings. The molecule has 0 aromatic heterocycles. The first-order chi connectivity index (χ1) is 7.02. The predicted molar refractivity (Wildman–Crippen MR) is 57.9 cm³/mol. The molecule has 88 valence electrons. The van der Waals surface area contributed by atoms with Gasteiger partial charge in [0.15, 0.2) is 0 Å². The van der Waals surface area contributed by atoms with Crippen LogP contribution in [0.15, 0.2) is 0 Å². The zero-order valence-corrected chi connectivity index (χ0v) is 9.85. The lowest BCUT2D eigenvalue weighted by molar-refractivity contribution is -0.118. The Balaban J connectivity index is 2.40. The van der Waals surface area contributed by atoms with Crippen molar-refractivity contribution in [1.82, 2.24) is 9.62 Å². The van der Waals surface area contributed by atoms with Crippen LogP contribution in [0.2, 0.25) is 0 Å². The van der Waals surface area contributed by atoms with Crippen molar-refractivity contribution >= 4 is 15.9 Å². The fraction of sp³-hybridized carbons (Fsp3) is 0.889. The van der Waals surface area contributed by atoms with Crippen molar-refractivity contribution in [2.45, 2.75) is 26.2 Å². The molecule has 0 aliphatic carbocycles. The summed E-state index contributed by atoms with van der Waals surface area (Å²) in [6, 6.07) is 0. The highest BCUT2D eigenvalue weighted by Gasteiger charge is 2.23. The summed E-state index contributed by atoms with van der Waals surface area (Å²) >= 11 is 0. The summed E-state index contributed by atoms with van der Waals surface area (Å²) < 4.78 is 25.0. The molecule has 1 rings (SSSR count). The van der Waals surface area contributed by atoms with E-state index in [-0.39, 0.29) is 18.2 Å². The number of nitrogens with zero attached hydrogens (tertiary/aromatic N) is 1. The zero-order chi connectivity index (χ0) is 11.3. The normalized spacial score (nSPS) is 18.7. The molecule has 1 amide bonds. The molecule has 1 aliphatic heterocycles. The van der Waals surface area contributed by atoms with E-state index in [1.165, 1.54) is 11.2 Å². The van der Waals surface area contributed by atoms with Gasteiger partial charge in [0, 0.05) is 26.6 Å². The average Bonchev–Trinajstić information content (AvgIpc) is 2.18. The van der Waals surface area contributed by atoms with Gasteiger partial charge in [0.2, 0.25) is 15.9 Å². The van der Waals surface area contributed by atoms with Gasteiger partial charge in [-0.15, -0.1) is 0 Å². The van der Waals surface area contributed by atoms with Gasteiger partial charge in [0.25, 0.3) is 0 Å². The first kappa shape index (κ1) is 12.4. The third-order valence-corrected chi connectivity index (χ3v) is 4.31. The van der Waals surface area contributed by atoms with Crippen LogP contribution in [-0.4, -0.2) is 44.0 Å². The molecule has 5 nitrogen and oxygen atoms in total. The highest BCUT2D eigenvalue weighted by molar-refractivity contribution is 7.89. The topological polar surface area (TPSA) is 66.5 Å². The molecular formula is C9H18N2O3S. The molecule has 0 radical (unpaired) electrons. The van der Waals surface area contributed by atoms with Crippen LogP contribution in [-0.2, 0) is 14.8 Å². The highest BCUT2D eigenvalue weighted by Crippen LogP contribution is 2.12. The molecule has 0 bridgehead atoms. The van der Waals surface area contributed by atoms with Crippen molar-refractivity contribution in [3.05, 3.63) is 0 Å². The summed E-state index contributed by atoms with van der Waals surface area (Å²) in [4.78, 5) is 10.6. The van der Waals surface area contributed by atoms with E-state index in [0.717, 1.165) is 19.3 Å². The van der Waals surface area contributed by atoms with E-state index in [1.54, 1.807) is 0 Å². The summed E-state index contributed by atoms with van der Waals surface area (Å²) in [6.07, 6.45) is 3.00. The van der Waals surface area contributed by atoms with Crippen LogP contribution in [0.1, 0.15) is 26.2 Å². The molecule has 6 heteroatoms. The Hall–Kier alpha value is -0.620. The van der Waals surface area contributed by atoms with Gasteiger partial charge in [-0.2, -0.15) is 0 Å². The van der Waals surface area contributed by atoms with Crippen molar-refractivity contribution in [1.29, 1.82) is 0 Å². The third kappa shape index (κ3) is 4.17. The minimum absolute atomic E-state index is 0.00653. The van der Waals surface area contributed by atoms with E-state index in [2.05, 4.69) is 5.32 Å². The maximum Gasteiger partial charge on any atom is 0.216 e. The second-order valence-corrected chi connectivity index (χ2v) is 5.85. The van der Waals surface area contributed by atoms with Crippen LogP contribution in [0.3, 0.4) is 0 Å². The molecule has 1 N–H and O–H groups in total. The first-order valence-electron chi connectivity index (χ1n) is 5.24. The van der Waals surface area contributed by atoms with Crippen LogP contribution >= 0.6 is 0 Å². The number of carbonyl (C=O) groups is 1. The largest absolute Gasteiger partial charge is 0.355 e. The average molecular weight is 234 g/mol. The van der Waals surface area contributed by atoms with Gasteiger partial charge in [0.05, 0.1) is 5.75 Å². The Morgan fingerprint density at radius 3 is 2.40 bits per heavy atom. The Labute approximate surface area is 90.9 Å². The van der Waals surface area contributed by atoms with Gasteiger partial charge in [-0.1, -0.05) is 6.42 Å². The Kier molecular flexibility index (Phi) is 4.53. The molecular weight excluding hydrogens is 216 g/mol. The van der Waals surface area contributed by atoms with Crippen molar-refractivity contribution in [2.24, 2.45) is 0 Å². The Morgan fingerprint density at radius 1 is 1.27 bits per heavy atom. The summed E-state index contributed by atoms with van der Waals surface area (Å²) in [5.74, 6) is -0.184. The molecule has 0 aromatic carbocycles. The molecule has 1 heterocycles. The second-order valence-electron chi connectivity index (χ2n) is 3.76. The van der Waals surface area contributed by atoms with E-state index < -0.39 is 10.0 Å². The van der Waals surface area contributed by atoms with Gasteiger partial charge in [0.1, 0.15) is 0 Å². The molecule has 0 atom stereocenters. The fourth-order valence-corrected chi connectivity index (χ4v) is 3.06. The first-order valence-corrected chi connectivity index (χ1v) is 6.85. The minimum Gasteiger partial charge on any atom is -0.355 e. The van der Waals surface area contributed by atoms with Crippen molar-refractivity contribution in [2.75, 3.05) is 25.4 Å². The Bertz CT molecular complexity index is 307. The number of nitrogens with one attached hydrogen (secondary N) is 1. The lowest BCUT2D eigenvalue weighted by Gasteiger charge is -2.25. The lowest BCUT2D eigenvalue weighted by Crippen LogP contribution is -2.40. The van der Waals surface area contributed by atoms with E-state index in [0.29, 0.717) is 13.1 Å². The molecule has 1 fully saturated rings. The van der Waals surface area contributed by atoms with Gasteiger partial charge >= 0.3 is 0 Å². The van der Waals surface area contributed by atoms with Crippen LogP contribution in [0.5, 0.6) is 0 Å². The quantitative estimate of drug-likeness (QED) is 0.741. The van der Waals surface area contributed by atoms with E-state index in [4.69, 9.17) is 0 Å². The van der Waals surface area contributed by atoms with E-state index >= 15 is 0 Å². The monoisotopic (exact) mass is 234 g/mol. The zero-order valence-electron chi connectivity index (χ0n) is 9.03. The van der Waals surface area contributed by atoms with E-state index in [1.807, 2.05) is 0 Å². The number of amides is 1. The smallest absolute Gasteiger partial charge is 0.216 e. The Morgan fingerprint density at radius 2 is 1.87 bits per heavy atom. The van der Waals surface area contributed by atoms with Crippen LogP contribution in [0.4, 0.5) is 0 Å². The molecule has 0 saturated carbocycles. The molecule has 0 aromatic rings. The lowest BCUT2D eigenvalue weighted by atomic mass is 10.2. The molecule has 15 heavy (non-hydrogen) atoms. The van der Waals surface area contributed by atoms with Crippen molar-refractivity contribution in [3.63, 3.8) is 0 Å². The van der Waals surface area contributed by atoms with Gasteiger partial charge < -0.3 is 5.32 Å². The number of hydrogen-bond donors (Lipinski definition) is 1. The molecule has 1 saturated heterocycles. The third-order valence-electron chi connectivity index (χ3n) is 2.44. The summed E-state index contributed by atoms with van der Waals surface area (Å²) in [7, 11) is -3.16. The standard InChI is InChI=1S/C9H18N2O3S/c1-9(12)10-5-8-15(13,14)11-6-3-2-4-7-11/h2-8H2,1H3,(H,10,12). The molecule has 0 unspecified atom stereocenters. The number of hydrogen-bond acceptors (Lipinski definition) is 3. The van der Waals surface area contributed by atoms with Crippen LogP contribution < -0.4 is 5.32 Å². The number of sulfonamides is 1. The number of rotatable bonds is 4. The molecule has 0 spiro atoms. The maximum absolute atomic E-state index is 11.7. The number of piperidine rings is 1. The van der Waals surface area contributed by atoms with Crippen molar-refractivity contribution < 1.29 is 13.2 Å². The van der Waals surface area contributed by atoms with Crippen LogP contribution in [0.25, 0.3) is 0 Å². The van der Waals surface area contributed by atoms with Crippen molar-refractivity contribution in [3.8, 4) is 0 Å². The predicted octanol–water partition coefficient (Wildman–Crippen LogP) is -0.0618. The highest BCUT2D eigenvalue weighted by atomic mass is 32.2. The van der Waals surface area contributed by atoms with Gasteiger partial charge in [-0.05, 0) is 12.8 Å². The van der Waals surface area contributed by atoms with Gasteiger partial charge in [-0.25, -0.2) is 12.7 Å². The van der Waals surface area contributed by atoms with E-state index in [9.17, 15) is 13.2 Å². The van der Waals surface area contributed by atoms with Gasteiger partial charge in [-0.3, -0.25) is 4.79 Å². The fourth-order valence-electron chi connectivity index (χ4n) is 1.63. The minimum atomic E-state index is -3.16. The maximum atomic E-state index is 11.7.